The molecular formula is C6H10NO4S-. The molecule has 0 bridgehead atoms. The van der Waals surface area contributed by atoms with E-state index in [0.29, 0.717) is 25.9 Å². The van der Waals surface area contributed by atoms with Crippen molar-refractivity contribution in [1.29, 1.82) is 0 Å². The molecule has 5 nitrogen and oxygen atoms in total. The van der Waals surface area contributed by atoms with Crippen LogP contribution in [-0.4, -0.2) is 37.2 Å². The number of carboxylic acid groups (broad SMARTS) is 1. The molecule has 6 heteroatoms. The van der Waals surface area contributed by atoms with Crippen LogP contribution in [0.25, 0.3) is 0 Å². The fourth-order valence-corrected chi connectivity index (χ4v) is 1.76. The smallest absolute Gasteiger partial charge is 0.306 e. The third-order valence-corrected chi connectivity index (χ3v) is 2.80. The van der Waals surface area contributed by atoms with E-state index in [0.717, 1.165) is 0 Å². The van der Waals surface area contributed by atoms with Crippen LogP contribution in [0.5, 0.6) is 0 Å². The van der Waals surface area contributed by atoms with Gasteiger partial charge in [0.05, 0.1) is 5.92 Å². The molecule has 0 aromatic heterocycles. The van der Waals surface area contributed by atoms with Crippen molar-refractivity contribution in [3.8, 4) is 0 Å². The standard InChI is InChI=1S/C6H11NO4S/c8-6(9)5-1-3-7(4-2-5)12(10)11/h5H,1-4H2,(H,8,9)(H,10,11)/p-1. The molecule has 0 amide bonds. The number of hydrogen-bond donors (Lipinski definition) is 1. The van der Waals surface area contributed by atoms with Gasteiger partial charge in [-0.05, 0) is 12.8 Å². The molecule has 1 fully saturated rings. The maximum absolute atomic E-state index is 10.5. The van der Waals surface area contributed by atoms with Gasteiger partial charge in [0.25, 0.3) is 0 Å². The molecular weight excluding hydrogens is 182 g/mol. The second kappa shape index (κ2) is 3.97. The molecule has 1 aliphatic rings. The van der Waals surface area contributed by atoms with Gasteiger partial charge in [0.15, 0.2) is 0 Å². The van der Waals surface area contributed by atoms with Gasteiger partial charge in [-0.2, -0.15) is 0 Å². The molecule has 0 aliphatic carbocycles. The van der Waals surface area contributed by atoms with Crippen molar-refractivity contribution < 1.29 is 18.7 Å². The van der Waals surface area contributed by atoms with E-state index in [2.05, 4.69) is 0 Å². The average Bonchev–Trinajstić information content (AvgIpc) is 2.04. The first-order chi connectivity index (χ1) is 5.61. The number of carboxylic acids is 1. The molecule has 0 spiro atoms. The lowest BCUT2D eigenvalue weighted by molar-refractivity contribution is -0.142. The Morgan fingerprint density at radius 1 is 1.50 bits per heavy atom. The Hall–Kier alpha value is -0.460. The van der Waals surface area contributed by atoms with Crippen molar-refractivity contribution in [2.24, 2.45) is 5.92 Å². The molecule has 0 radical (unpaired) electrons. The summed E-state index contributed by atoms with van der Waals surface area (Å²) in [6.07, 6.45) is 0.840. The van der Waals surface area contributed by atoms with Gasteiger partial charge in [-0.25, -0.2) is 4.31 Å². The first-order valence-corrected chi connectivity index (χ1v) is 4.71. The van der Waals surface area contributed by atoms with Crippen LogP contribution in [-0.2, 0) is 16.1 Å². The quantitative estimate of drug-likeness (QED) is 0.602. The summed E-state index contributed by atoms with van der Waals surface area (Å²) in [6.45, 7) is 0.653. The Morgan fingerprint density at radius 2 is 2.00 bits per heavy atom. The molecule has 0 aromatic carbocycles. The van der Waals surface area contributed by atoms with E-state index in [9.17, 15) is 13.6 Å². The number of nitrogens with zero attached hydrogens (tertiary/aromatic N) is 1. The molecule has 1 aliphatic heterocycles. The van der Waals surface area contributed by atoms with Gasteiger partial charge >= 0.3 is 5.97 Å². The van der Waals surface area contributed by atoms with Crippen molar-refractivity contribution in [2.45, 2.75) is 12.8 Å². The highest BCUT2D eigenvalue weighted by atomic mass is 32.2. The maximum Gasteiger partial charge on any atom is 0.306 e. The lowest BCUT2D eigenvalue weighted by atomic mass is 9.99. The summed E-state index contributed by atoms with van der Waals surface area (Å²) in [5.74, 6) is -1.20. The summed E-state index contributed by atoms with van der Waals surface area (Å²) in [5.41, 5.74) is 0. The third-order valence-electron chi connectivity index (χ3n) is 2.01. The third kappa shape index (κ3) is 2.26. The van der Waals surface area contributed by atoms with Gasteiger partial charge in [-0.3, -0.25) is 9.00 Å². The molecule has 1 N–H and O–H groups in total. The average molecular weight is 192 g/mol. The minimum Gasteiger partial charge on any atom is -0.760 e. The van der Waals surface area contributed by atoms with Crippen molar-refractivity contribution in [3.63, 3.8) is 0 Å². The topological polar surface area (TPSA) is 80.7 Å². The fourth-order valence-electron chi connectivity index (χ4n) is 1.25. The monoisotopic (exact) mass is 192 g/mol. The minimum atomic E-state index is -2.19. The van der Waals surface area contributed by atoms with Crippen molar-refractivity contribution in [3.05, 3.63) is 0 Å². The van der Waals surface area contributed by atoms with E-state index >= 15 is 0 Å². The summed E-state index contributed by atoms with van der Waals surface area (Å²) in [5, 5.41) is 8.59. The number of rotatable bonds is 2. The Balaban J connectivity index is 2.39. The van der Waals surface area contributed by atoms with E-state index in [4.69, 9.17) is 5.11 Å². The van der Waals surface area contributed by atoms with Crippen molar-refractivity contribution in [1.82, 2.24) is 4.31 Å². The summed E-state index contributed by atoms with van der Waals surface area (Å²) < 4.78 is 22.1. The largest absolute Gasteiger partial charge is 0.760 e. The van der Waals surface area contributed by atoms with Gasteiger partial charge in [0.1, 0.15) is 0 Å². The zero-order chi connectivity index (χ0) is 9.14. The molecule has 1 heterocycles. The van der Waals surface area contributed by atoms with Gasteiger partial charge in [0.2, 0.25) is 0 Å². The van der Waals surface area contributed by atoms with Gasteiger partial charge in [-0.1, -0.05) is 0 Å². The van der Waals surface area contributed by atoms with Crippen LogP contribution in [0.4, 0.5) is 0 Å². The van der Waals surface area contributed by atoms with Crippen molar-refractivity contribution in [2.75, 3.05) is 13.1 Å². The molecule has 1 rings (SSSR count). The Kier molecular flexibility index (Phi) is 3.19. The maximum atomic E-state index is 10.5. The number of aliphatic carboxylic acids is 1. The van der Waals surface area contributed by atoms with Gasteiger partial charge in [0, 0.05) is 24.4 Å². The highest BCUT2D eigenvalue weighted by molar-refractivity contribution is 7.76. The predicted octanol–water partition coefficient (Wildman–Crippen LogP) is -0.423. The molecule has 0 aromatic rings. The highest BCUT2D eigenvalue weighted by Crippen LogP contribution is 2.17. The van der Waals surface area contributed by atoms with E-state index in [1.165, 1.54) is 4.31 Å². The summed E-state index contributed by atoms with van der Waals surface area (Å²) >= 11 is -2.19. The first-order valence-electron chi connectivity index (χ1n) is 3.68. The molecule has 1 unspecified atom stereocenters. The van der Waals surface area contributed by atoms with E-state index < -0.39 is 17.2 Å². The van der Waals surface area contributed by atoms with Crippen LogP contribution < -0.4 is 0 Å². The summed E-state index contributed by atoms with van der Waals surface area (Å²) in [6, 6.07) is 0. The molecule has 1 atom stereocenters. The van der Waals surface area contributed by atoms with Crippen molar-refractivity contribution >= 4 is 17.2 Å². The highest BCUT2D eigenvalue weighted by Gasteiger charge is 2.24. The Bertz CT molecular complexity index is 178. The predicted molar refractivity (Wildman–Crippen MR) is 40.9 cm³/mol. The fraction of sp³-hybridized carbons (Fsp3) is 0.833. The van der Waals surface area contributed by atoms with Crippen LogP contribution in [0.3, 0.4) is 0 Å². The molecule has 1 saturated heterocycles. The first kappa shape index (κ1) is 9.63. The number of hydrogen-bond acceptors (Lipinski definition) is 3. The number of carbonyl (C=O) groups is 1. The van der Waals surface area contributed by atoms with Crippen LogP contribution in [0, 0.1) is 5.92 Å². The molecule has 70 valence electrons. The second-order valence-electron chi connectivity index (χ2n) is 2.76. The molecule has 12 heavy (non-hydrogen) atoms. The SMILES string of the molecule is O=C(O)C1CCN(S(=O)[O-])CC1. The van der Waals surface area contributed by atoms with E-state index in [1.807, 2.05) is 0 Å². The van der Waals surface area contributed by atoms with E-state index in [1.54, 1.807) is 0 Å². The van der Waals surface area contributed by atoms with Crippen LogP contribution >= 0.6 is 0 Å². The van der Waals surface area contributed by atoms with E-state index in [-0.39, 0.29) is 5.92 Å². The summed E-state index contributed by atoms with van der Waals surface area (Å²) in [4.78, 5) is 10.5. The van der Waals surface area contributed by atoms with Gasteiger partial charge in [-0.15, -0.1) is 0 Å². The number of piperidine rings is 1. The van der Waals surface area contributed by atoms with Crippen LogP contribution in [0.15, 0.2) is 0 Å². The zero-order valence-corrected chi connectivity index (χ0v) is 7.25. The second-order valence-corrected chi connectivity index (χ2v) is 3.71. The lowest BCUT2D eigenvalue weighted by Gasteiger charge is -2.30. The Morgan fingerprint density at radius 3 is 2.33 bits per heavy atom. The Labute approximate surface area is 72.8 Å². The molecule has 0 saturated carbocycles. The normalized spacial score (nSPS) is 23.8. The minimum absolute atomic E-state index is 0.326. The summed E-state index contributed by atoms with van der Waals surface area (Å²) in [7, 11) is 0. The lowest BCUT2D eigenvalue weighted by Crippen LogP contribution is -2.37. The van der Waals surface area contributed by atoms with Crippen LogP contribution in [0.2, 0.25) is 0 Å². The van der Waals surface area contributed by atoms with Gasteiger partial charge < -0.3 is 9.66 Å². The zero-order valence-electron chi connectivity index (χ0n) is 6.43. The van der Waals surface area contributed by atoms with Crippen LogP contribution in [0.1, 0.15) is 12.8 Å².